The Bertz CT molecular complexity index is 578. The molecule has 0 aliphatic carbocycles. The van der Waals surface area contributed by atoms with Crippen molar-refractivity contribution in [3.8, 4) is 0 Å². The largest absolute Gasteiger partial charge is 0.318 e. The smallest absolute Gasteiger partial charge is 0.128 e. The van der Waals surface area contributed by atoms with Gasteiger partial charge in [0.2, 0.25) is 0 Å². The van der Waals surface area contributed by atoms with Gasteiger partial charge in [-0.25, -0.2) is 4.39 Å². The maximum Gasteiger partial charge on any atom is 0.128 e. The second-order valence-corrected chi connectivity index (χ2v) is 5.05. The first-order valence-corrected chi connectivity index (χ1v) is 6.11. The summed E-state index contributed by atoms with van der Waals surface area (Å²) >= 11 is 6.10. The van der Waals surface area contributed by atoms with Gasteiger partial charge in [-0.05, 0) is 37.1 Å². The highest BCUT2D eigenvalue weighted by Crippen LogP contribution is 2.30. The number of hydrogen-bond acceptors (Lipinski definition) is 1. The highest BCUT2D eigenvalue weighted by molar-refractivity contribution is 6.31. The van der Waals surface area contributed by atoms with E-state index in [0.717, 1.165) is 11.1 Å². The number of aryl methyl sites for hydroxylation is 1. The van der Waals surface area contributed by atoms with Crippen LogP contribution in [0.4, 0.5) is 4.39 Å². The topological polar surface area (TPSA) is 26.0 Å². The van der Waals surface area contributed by atoms with Crippen LogP contribution in [0.25, 0.3) is 0 Å². The molecule has 0 spiro atoms. The molecular weight excluding hydrogens is 249 g/mol. The van der Waals surface area contributed by atoms with Crippen molar-refractivity contribution in [3.05, 3.63) is 70.0 Å². The van der Waals surface area contributed by atoms with E-state index in [-0.39, 0.29) is 5.82 Å². The molecule has 94 valence electrons. The Hall–Kier alpha value is -1.38. The van der Waals surface area contributed by atoms with Gasteiger partial charge in [-0.1, -0.05) is 41.9 Å². The molecule has 0 saturated heterocycles. The number of hydrogen-bond donors (Lipinski definition) is 1. The van der Waals surface area contributed by atoms with Crippen molar-refractivity contribution in [2.45, 2.75) is 19.4 Å². The summed E-state index contributed by atoms with van der Waals surface area (Å²) < 4.78 is 13.8. The molecule has 1 atom stereocenters. The Morgan fingerprint density at radius 1 is 1.17 bits per heavy atom. The van der Waals surface area contributed by atoms with Crippen molar-refractivity contribution in [2.24, 2.45) is 5.73 Å². The molecule has 2 N–H and O–H groups in total. The van der Waals surface area contributed by atoms with Crippen LogP contribution in [0.2, 0.25) is 5.02 Å². The molecule has 0 radical (unpaired) electrons. The van der Waals surface area contributed by atoms with Gasteiger partial charge in [0, 0.05) is 10.6 Å². The van der Waals surface area contributed by atoms with E-state index in [9.17, 15) is 4.39 Å². The molecule has 0 bridgehead atoms. The molecule has 0 saturated carbocycles. The van der Waals surface area contributed by atoms with Crippen molar-refractivity contribution in [1.29, 1.82) is 0 Å². The lowest BCUT2D eigenvalue weighted by atomic mass is 9.85. The Balaban J connectivity index is 2.54. The van der Waals surface area contributed by atoms with Crippen LogP contribution in [0.15, 0.2) is 42.5 Å². The minimum absolute atomic E-state index is 0.306. The summed E-state index contributed by atoms with van der Waals surface area (Å²) in [5.74, 6) is -0.306. The van der Waals surface area contributed by atoms with Gasteiger partial charge < -0.3 is 5.73 Å². The first-order valence-electron chi connectivity index (χ1n) is 5.73. The van der Waals surface area contributed by atoms with Crippen molar-refractivity contribution in [3.63, 3.8) is 0 Å². The first kappa shape index (κ1) is 13.1. The van der Waals surface area contributed by atoms with Crippen LogP contribution in [0.1, 0.15) is 23.6 Å². The lowest BCUT2D eigenvalue weighted by molar-refractivity contribution is 0.531. The van der Waals surface area contributed by atoms with Crippen molar-refractivity contribution in [1.82, 2.24) is 0 Å². The molecule has 18 heavy (non-hydrogen) atoms. The molecular formula is C15H15ClFN. The maximum atomic E-state index is 13.8. The van der Waals surface area contributed by atoms with Gasteiger partial charge >= 0.3 is 0 Å². The zero-order valence-electron chi connectivity index (χ0n) is 10.4. The van der Waals surface area contributed by atoms with Crippen LogP contribution in [0.5, 0.6) is 0 Å². The van der Waals surface area contributed by atoms with Gasteiger partial charge in [-0.2, -0.15) is 0 Å². The van der Waals surface area contributed by atoms with Gasteiger partial charge in [0.25, 0.3) is 0 Å². The monoisotopic (exact) mass is 263 g/mol. The summed E-state index contributed by atoms with van der Waals surface area (Å²) in [4.78, 5) is 0. The fourth-order valence-corrected chi connectivity index (χ4v) is 2.13. The Morgan fingerprint density at radius 2 is 1.83 bits per heavy atom. The molecule has 3 heteroatoms. The van der Waals surface area contributed by atoms with Crippen LogP contribution in [-0.4, -0.2) is 0 Å². The van der Waals surface area contributed by atoms with Crippen LogP contribution < -0.4 is 5.73 Å². The predicted octanol–water partition coefficient (Wildman–Crippen LogP) is 4.01. The summed E-state index contributed by atoms with van der Waals surface area (Å²) in [5.41, 5.74) is 7.61. The zero-order chi connectivity index (χ0) is 13.3. The quantitative estimate of drug-likeness (QED) is 0.870. The maximum absolute atomic E-state index is 13.8. The second kappa shape index (κ2) is 4.71. The number of halogens is 2. The first-order chi connectivity index (χ1) is 8.43. The molecule has 0 heterocycles. The van der Waals surface area contributed by atoms with E-state index in [2.05, 4.69) is 0 Å². The summed E-state index contributed by atoms with van der Waals surface area (Å²) in [7, 11) is 0. The summed E-state index contributed by atoms with van der Waals surface area (Å²) in [6.07, 6.45) is 0. The molecule has 1 nitrogen and oxygen atoms in total. The Labute approximate surface area is 111 Å². The average molecular weight is 264 g/mol. The molecule has 0 amide bonds. The standard InChI is InChI=1S/C15H15ClFN/c1-10-7-8-11(9-13(10)16)15(2,18)12-5-3-4-6-14(12)17/h3-9H,18H2,1-2H3. The molecule has 2 aromatic rings. The van der Waals surface area contributed by atoms with Crippen molar-refractivity contribution >= 4 is 11.6 Å². The zero-order valence-corrected chi connectivity index (χ0v) is 11.1. The van der Waals surface area contributed by atoms with Gasteiger partial charge in [-0.3, -0.25) is 0 Å². The molecule has 2 aromatic carbocycles. The lowest BCUT2D eigenvalue weighted by Crippen LogP contribution is -2.35. The molecule has 0 aliphatic heterocycles. The number of rotatable bonds is 2. The van der Waals surface area contributed by atoms with E-state index >= 15 is 0 Å². The second-order valence-electron chi connectivity index (χ2n) is 4.65. The molecule has 0 fully saturated rings. The third-order valence-corrected chi connectivity index (χ3v) is 3.61. The summed E-state index contributed by atoms with van der Waals surface area (Å²) in [5, 5.41) is 0.639. The van der Waals surface area contributed by atoms with Crippen LogP contribution in [0, 0.1) is 12.7 Å². The SMILES string of the molecule is Cc1ccc(C(C)(N)c2ccccc2F)cc1Cl. The third kappa shape index (κ3) is 2.26. The van der Waals surface area contributed by atoms with Crippen molar-refractivity contribution < 1.29 is 4.39 Å². The molecule has 0 aliphatic rings. The van der Waals surface area contributed by atoms with Gasteiger partial charge in [0.1, 0.15) is 5.82 Å². The van der Waals surface area contributed by atoms with Crippen LogP contribution in [0.3, 0.4) is 0 Å². The summed E-state index contributed by atoms with van der Waals surface area (Å²) in [6.45, 7) is 3.70. The molecule has 2 rings (SSSR count). The van der Waals surface area contributed by atoms with Crippen LogP contribution in [-0.2, 0) is 5.54 Å². The van der Waals surface area contributed by atoms with Gasteiger partial charge in [0.05, 0.1) is 5.54 Å². The Kier molecular flexibility index (Phi) is 3.42. The van der Waals surface area contributed by atoms with E-state index in [4.69, 9.17) is 17.3 Å². The lowest BCUT2D eigenvalue weighted by Gasteiger charge is -2.26. The third-order valence-electron chi connectivity index (χ3n) is 3.20. The molecule has 0 aromatic heterocycles. The summed E-state index contributed by atoms with van der Waals surface area (Å²) in [6, 6.07) is 12.1. The number of nitrogens with two attached hydrogens (primary N) is 1. The normalized spacial score (nSPS) is 14.3. The number of benzene rings is 2. The molecule has 1 unspecified atom stereocenters. The van der Waals surface area contributed by atoms with Gasteiger partial charge in [-0.15, -0.1) is 0 Å². The predicted molar refractivity (Wildman–Crippen MR) is 73.2 cm³/mol. The highest BCUT2D eigenvalue weighted by Gasteiger charge is 2.27. The average Bonchev–Trinajstić information content (AvgIpc) is 2.33. The fourth-order valence-electron chi connectivity index (χ4n) is 1.95. The van der Waals surface area contributed by atoms with E-state index in [1.165, 1.54) is 6.07 Å². The Morgan fingerprint density at radius 3 is 2.44 bits per heavy atom. The minimum Gasteiger partial charge on any atom is -0.318 e. The van der Waals surface area contributed by atoms with Crippen LogP contribution >= 0.6 is 11.6 Å². The highest BCUT2D eigenvalue weighted by atomic mass is 35.5. The van der Waals surface area contributed by atoms with Gasteiger partial charge in [0.15, 0.2) is 0 Å². The minimum atomic E-state index is -0.900. The van der Waals surface area contributed by atoms with E-state index in [0.29, 0.717) is 10.6 Å². The van der Waals surface area contributed by atoms with Crippen molar-refractivity contribution in [2.75, 3.05) is 0 Å². The fraction of sp³-hybridized carbons (Fsp3) is 0.200. The van der Waals surface area contributed by atoms with E-state index in [1.807, 2.05) is 19.1 Å². The van der Waals surface area contributed by atoms with E-state index < -0.39 is 5.54 Å². The van der Waals surface area contributed by atoms with E-state index in [1.54, 1.807) is 31.2 Å².